The number of benzene rings is 2. The van der Waals surface area contributed by atoms with Crippen molar-refractivity contribution in [3.8, 4) is 0 Å². The van der Waals surface area contributed by atoms with Crippen LogP contribution in [0.2, 0.25) is 5.02 Å². The van der Waals surface area contributed by atoms with Crippen LogP contribution in [0.4, 0.5) is 0 Å². The number of alkyl halides is 1. The fraction of sp³-hybridized carbons (Fsp3) is 0.125. The first-order chi connectivity index (χ1) is 11.8. The Morgan fingerprint density at radius 3 is 2.58 bits per heavy atom. The van der Waals surface area contributed by atoms with Gasteiger partial charge in [0, 0.05) is 5.02 Å². The minimum atomic E-state index is -0.0910. The predicted octanol–water partition coefficient (Wildman–Crippen LogP) is 3.71. The van der Waals surface area contributed by atoms with Gasteiger partial charge in [0.05, 0.1) is 10.1 Å². The van der Waals surface area contributed by atoms with Gasteiger partial charge >= 0.3 is 0 Å². The molecule has 4 aromatic rings. The van der Waals surface area contributed by atoms with Crippen molar-refractivity contribution in [3.05, 3.63) is 71.3 Å². The second-order valence-electron chi connectivity index (χ2n) is 5.29. The largest absolute Gasteiger partial charge is 0.241 e. The fourth-order valence-corrected chi connectivity index (χ4v) is 3.36. The lowest BCUT2D eigenvalue weighted by atomic mass is 9.98. The number of rotatable bonds is 4. The van der Waals surface area contributed by atoms with Gasteiger partial charge in [0.2, 0.25) is 0 Å². The third-order valence-corrected chi connectivity index (χ3v) is 4.75. The van der Waals surface area contributed by atoms with Crippen LogP contribution in [0.15, 0.2) is 55.1 Å². The first-order valence-electron chi connectivity index (χ1n) is 7.25. The Kier molecular flexibility index (Phi) is 4.19. The summed E-state index contributed by atoms with van der Waals surface area (Å²) in [7, 11) is 0. The smallest absolute Gasteiger partial charge is 0.137 e. The van der Waals surface area contributed by atoms with Crippen LogP contribution in [-0.2, 0) is 4.55 Å². The molecule has 4 rings (SSSR count). The molecule has 2 aromatic carbocycles. The molecule has 120 valence electrons. The average molecular weight is 451 g/mol. The lowest BCUT2D eigenvalue weighted by molar-refractivity contribution is 0.594. The van der Waals surface area contributed by atoms with Crippen LogP contribution in [0.1, 0.15) is 17.2 Å². The summed E-state index contributed by atoms with van der Waals surface area (Å²) in [6.07, 6.45) is 3.26. The van der Waals surface area contributed by atoms with E-state index >= 15 is 0 Å². The Morgan fingerprint density at radius 2 is 1.88 bits per heavy atom. The molecule has 0 saturated carbocycles. The lowest BCUT2D eigenvalue weighted by Gasteiger charge is -2.18. The molecule has 1 atom stereocenters. The van der Waals surface area contributed by atoms with Gasteiger partial charge in [-0.25, -0.2) is 14.3 Å². The highest BCUT2D eigenvalue weighted by Crippen LogP contribution is 2.29. The molecule has 0 aliphatic rings. The van der Waals surface area contributed by atoms with E-state index in [-0.39, 0.29) is 6.04 Å². The number of aromatic nitrogens is 6. The number of hydrogen-bond donors (Lipinski definition) is 0. The maximum atomic E-state index is 6.03. The van der Waals surface area contributed by atoms with Gasteiger partial charge in [-0.15, -0.1) is 5.10 Å². The molecule has 8 heteroatoms. The molecular weight excluding hydrogens is 439 g/mol. The van der Waals surface area contributed by atoms with Gasteiger partial charge in [-0.05, 0) is 35.4 Å². The summed E-state index contributed by atoms with van der Waals surface area (Å²) in [4.78, 5) is 4.09. The van der Waals surface area contributed by atoms with Gasteiger partial charge in [0.15, 0.2) is 0 Å². The van der Waals surface area contributed by atoms with E-state index in [1.54, 1.807) is 6.33 Å². The van der Waals surface area contributed by atoms with E-state index in [0.717, 1.165) is 26.7 Å². The average Bonchev–Trinajstić information content (AvgIpc) is 3.26. The summed E-state index contributed by atoms with van der Waals surface area (Å²) in [5.74, 6) is 0. The van der Waals surface area contributed by atoms with E-state index in [1.165, 1.54) is 6.33 Å². The van der Waals surface area contributed by atoms with Gasteiger partial charge < -0.3 is 0 Å². The van der Waals surface area contributed by atoms with Crippen molar-refractivity contribution in [2.24, 2.45) is 0 Å². The van der Waals surface area contributed by atoms with E-state index in [0.29, 0.717) is 5.02 Å². The van der Waals surface area contributed by atoms with Crippen LogP contribution in [0, 0.1) is 0 Å². The van der Waals surface area contributed by atoms with Crippen LogP contribution in [-0.4, -0.2) is 29.8 Å². The summed E-state index contributed by atoms with van der Waals surface area (Å²) in [5.41, 5.74) is 4.05. The van der Waals surface area contributed by atoms with E-state index in [9.17, 15) is 0 Å². The van der Waals surface area contributed by atoms with Crippen molar-refractivity contribution < 1.29 is 0 Å². The molecule has 0 spiro atoms. The predicted molar refractivity (Wildman–Crippen MR) is 100 cm³/mol. The van der Waals surface area contributed by atoms with Crippen LogP contribution in [0.3, 0.4) is 0 Å². The Morgan fingerprint density at radius 1 is 1.08 bits per heavy atom. The van der Waals surface area contributed by atoms with Crippen LogP contribution in [0.25, 0.3) is 11.0 Å². The Hall–Kier alpha value is -2.00. The maximum absolute atomic E-state index is 6.03. The van der Waals surface area contributed by atoms with Crippen molar-refractivity contribution in [1.29, 1.82) is 0 Å². The first kappa shape index (κ1) is 15.5. The zero-order chi connectivity index (χ0) is 16.5. The van der Waals surface area contributed by atoms with Crippen molar-refractivity contribution >= 4 is 45.2 Å². The normalized spacial score (nSPS) is 12.6. The quantitative estimate of drug-likeness (QED) is 0.351. The molecular formula is C16H12ClIN6. The molecule has 2 aromatic heterocycles. The van der Waals surface area contributed by atoms with Gasteiger partial charge in [-0.1, -0.05) is 57.6 Å². The monoisotopic (exact) mass is 450 g/mol. The number of halogens is 2. The Balaban J connectivity index is 1.88. The van der Waals surface area contributed by atoms with Crippen molar-refractivity contribution in [2.75, 3.05) is 0 Å². The number of hydrogen-bond acceptors (Lipinski definition) is 4. The highest BCUT2D eigenvalue weighted by atomic mass is 127. The molecule has 0 aliphatic carbocycles. The molecule has 2 heterocycles. The lowest BCUT2D eigenvalue weighted by Crippen LogP contribution is -2.13. The zero-order valence-electron chi connectivity index (χ0n) is 12.4. The molecule has 24 heavy (non-hydrogen) atoms. The third kappa shape index (κ3) is 2.78. The van der Waals surface area contributed by atoms with Gasteiger partial charge in [0.1, 0.15) is 24.2 Å². The minimum Gasteiger partial charge on any atom is -0.241 e. The number of fused-ring (bicyclic) bond motifs is 1. The summed E-state index contributed by atoms with van der Waals surface area (Å²) < 4.78 is 4.45. The SMILES string of the molecule is Clc1ccc([C@@H](c2ccc3nnn(CI)c3c2)n2cncn2)cc1. The Bertz CT molecular complexity index is 964. The van der Waals surface area contributed by atoms with E-state index < -0.39 is 0 Å². The summed E-state index contributed by atoms with van der Waals surface area (Å²) >= 11 is 8.31. The standard InChI is InChI=1S/C16H12ClIN6/c17-13-4-1-11(2-5-13)16(24-10-19-9-20-24)12-3-6-14-15(7-12)23(8-18)22-21-14/h1-7,9-10,16H,8H2/t16-/m0/s1. The maximum Gasteiger partial charge on any atom is 0.137 e. The fourth-order valence-electron chi connectivity index (χ4n) is 2.73. The van der Waals surface area contributed by atoms with Crippen LogP contribution >= 0.6 is 34.2 Å². The Labute approximate surface area is 156 Å². The van der Waals surface area contributed by atoms with Crippen molar-refractivity contribution in [3.63, 3.8) is 0 Å². The minimum absolute atomic E-state index is 0.0910. The first-order valence-corrected chi connectivity index (χ1v) is 9.15. The molecule has 0 aliphatic heterocycles. The summed E-state index contributed by atoms with van der Waals surface area (Å²) in [6.45, 7) is 0. The van der Waals surface area contributed by atoms with Crippen molar-refractivity contribution in [2.45, 2.75) is 10.6 Å². The molecule has 0 bridgehead atoms. The molecule has 0 saturated heterocycles. The third-order valence-electron chi connectivity index (χ3n) is 3.85. The van der Waals surface area contributed by atoms with Crippen LogP contribution < -0.4 is 0 Å². The zero-order valence-corrected chi connectivity index (χ0v) is 15.3. The highest BCUT2D eigenvalue weighted by Gasteiger charge is 2.18. The van der Waals surface area contributed by atoms with E-state index in [4.69, 9.17) is 11.6 Å². The molecule has 0 amide bonds. The second kappa shape index (κ2) is 6.48. The summed E-state index contributed by atoms with van der Waals surface area (Å²) in [5, 5.41) is 13.4. The molecule has 0 radical (unpaired) electrons. The topological polar surface area (TPSA) is 61.4 Å². The number of nitrogens with zero attached hydrogens (tertiary/aromatic N) is 6. The molecule has 0 fully saturated rings. The van der Waals surface area contributed by atoms with Crippen LogP contribution in [0.5, 0.6) is 0 Å². The molecule has 0 N–H and O–H groups in total. The van der Waals surface area contributed by atoms with Gasteiger partial charge in [-0.2, -0.15) is 5.10 Å². The van der Waals surface area contributed by atoms with Gasteiger partial charge in [0.25, 0.3) is 0 Å². The highest BCUT2D eigenvalue weighted by molar-refractivity contribution is 14.1. The van der Waals surface area contributed by atoms with Gasteiger partial charge in [-0.3, -0.25) is 0 Å². The van der Waals surface area contributed by atoms with E-state index in [2.05, 4.69) is 55.1 Å². The molecule has 6 nitrogen and oxygen atoms in total. The summed E-state index contributed by atoms with van der Waals surface area (Å²) in [6, 6.07) is 13.8. The second-order valence-corrected chi connectivity index (χ2v) is 6.40. The molecule has 0 unspecified atom stereocenters. The van der Waals surface area contributed by atoms with E-state index in [1.807, 2.05) is 39.7 Å². The van der Waals surface area contributed by atoms with Crippen molar-refractivity contribution in [1.82, 2.24) is 29.8 Å².